The number of amides is 2. The van der Waals surface area contributed by atoms with Crippen molar-refractivity contribution in [3.8, 4) is 0 Å². The van der Waals surface area contributed by atoms with Crippen molar-refractivity contribution in [2.24, 2.45) is 17.8 Å². The number of unbranched alkanes of at least 4 members (excludes halogenated alkanes) is 1. The van der Waals surface area contributed by atoms with Crippen molar-refractivity contribution in [1.29, 1.82) is 0 Å². The molecule has 0 radical (unpaired) electrons. The Bertz CT molecular complexity index is 1160. The summed E-state index contributed by atoms with van der Waals surface area (Å²) in [6.07, 6.45) is 0.433. The Hall–Kier alpha value is -3.79. The molecule has 0 bridgehead atoms. The Kier molecular flexibility index (Phi) is 14.8. The van der Waals surface area contributed by atoms with Gasteiger partial charge in [-0.1, -0.05) is 65.3 Å². The van der Waals surface area contributed by atoms with E-state index in [1.54, 1.807) is 6.92 Å². The smallest absolute Gasteiger partial charge is 0.432 e. The van der Waals surface area contributed by atoms with Gasteiger partial charge in [-0.05, 0) is 73.8 Å². The first-order valence-electron chi connectivity index (χ1n) is 15.1. The van der Waals surface area contributed by atoms with Crippen LogP contribution in [0.15, 0.2) is 42.5 Å². The van der Waals surface area contributed by atoms with Crippen LogP contribution in [0.1, 0.15) is 77.8 Å². The Morgan fingerprint density at radius 2 is 1.53 bits per heavy atom. The molecule has 0 fully saturated rings. The molecule has 10 nitrogen and oxygen atoms in total. The summed E-state index contributed by atoms with van der Waals surface area (Å²) in [4.78, 5) is 49.4. The minimum atomic E-state index is -1.11. The van der Waals surface area contributed by atoms with Gasteiger partial charge in [0.05, 0.1) is 23.9 Å². The number of hydrogen-bond donors (Lipinski definition) is 3. The normalized spacial score (nSPS) is 12.4. The van der Waals surface area contributed by atoms with E-state index >= 15 is 0 Å². The summed E-state index contributed by atoms with van der Waals surface area (Å²) in [5.74, 6) is -0.861. The Morgan fingerprint density at radius 3 is 2.12 bits per heavy atom. The number of nitrogens with zero attached hydrogens (tertiary/aromatic N) is 1. The summed E-state index contributed by atoms with van der Waals surface area (Å²) in [5, 5.41) is 14.8. The maximum absolute atomic E-state index is 13.2. The van der Waals surface area contributed by atoms with E-state index in [0.29, 0.717) is 42.5 Å². The van der Waals surface area contributed by atoms with Gasteiger partial charge in [-0.25, -0.2) is 19.4 Å². The predicted octanol–water partition coefficient (Wildman–Crippen LogP) is 7.27. The second kappa shape index (κ2) is 18.0. The van der Waals surface area contributed by atoms with Gasteiger partial charge < -0.3 is 25.4 Å². The number of carbonyl (C=O) groups excluding carboxylic acids is 3. The van der Waals surface area contributed by atoms with E-state index in [9.17, 15) is 14.4 Å². The van der Waals surface area contributed by atoms with Crippen molar-refractivity contribution in [3.63, 3.8) is 0 Å². The van der Waals surface area contributed by atoms with Crippen LogP contribution in [0.5, 0.6) is 0 Å². The van der Waals surface area contributed by atoms with E-state index in [0.717, 1.165) is 29.9 Å². The molecule has 0 heterocycles. The summed E-state index contributed by atoms with van der Waals surface area (Å²) in [6.45, 7) is 15.9. The van der Waals surface area contributed by atoms with E-state index in [1.165, 1.54) is 0 Å². The van der Waals surface area contributed by atoms with Crippen LogP contribution in [0, 0.1) is 24.7 Å². The molecule has 2 rings (SSSR count). The number of rotatable bonds is 15. The fraction of sp³-hybridized carbons (Fsp3) is 0.545. The van der Waals surface area contributed by atoms with Crippen molar-refractivity contribution in [2.45, 2.75) is 73.6 Å². The standard InChI is InChI=1S/C33H49N3O7/c1-8-28(25(7)31(38)42-43-33(40)41-18-10-9-17-37)26-13-16-30(36(20-22(2)3)21-23(4)5)29(19-26)35-32(39)34-27-14-11-24(6)12-15-27/h11-16,19,22-23,25,28,37H,8-10,17-18,20-21H2,1-7H3,(H2,34,35,39). The lowest BCUT2D eigenvalue weighted by atomic mass is 9.84. The molecule has 238 valence electrons. The van der Waals surface area contributed by atoms with Crippen molar-refractivity contribution < 1.29 is 34.0 Å². The van der Waals surface area contributed by atoms with E-state index in [-0.39, 0.29) is 25.2 Å². The zero-order valence-corrected chi connectivity index (χ0v) is 26.6. The van der Waals surface area contributed by atoms with Crippen LogP contribution < -0.4 is 15.5 Å². The number of carbonyl (C=O) groups is 3. The summed E-state index contributed by atoms with van der Waals surface area (Å²) in [7, 11) is 0. The molecule has 0 saturated carbocycles. The highest BCUT2D eigenvalue weighted by molar-refractivity contribution is 6.02. The van der Waals surface area contributed by atoms with Gasteiger partial charge in [0.15, 0.2) is 0 Å². The van der Waals surface area contributed by atoms with E-state index < -0.39 is 18.0 Å². The minimum Gasteiger partial charge on any atom is -0.432 e. The third kappa shape index (κ3) is 12.2. The SMILES string of the molecule is CCC(c1ccc(N(CC(C)C)CC(C)C)c(NC(=O)Nc2ccc(C)cc2)c1)C(C)C(=O)OOC(=O)OCCCCO. The highest BCUT2D eigenvalue weighted by Gasteiger charge is 2.29. The Balaban J connectivity index is 2.30. The number of hydrogen-bond acceptors (Lipinski definition) is 8. The molecule has 0 aliphatic heterocycles. The van der Waals surface area contributed by atoms with Crippen molar-refractivity contribution in [1.82, 2.24) is 0 Å². The lowest BCUT2D eigenvalue weighted by Gasteiger charge is -2.31. The molecule has 2 aromatic rings. The van der Waals surface area contributed by atoms with Gasteiger partial charge in [-0.2, -0.15) is 4.79 Å². The first-order valence-corrected chi connectivity index (χ1v) is 15.1. The maximum Gasteiger partial charge on any atom is 0.549 e. The fourth-order valence-corrected chi connectivity index (χ4v) is 4.82. The first kappa shape index (κ1) is 35.4. The molecule has 2 amide bonds. The summed E-state index contributed by atoms with van der Waals surface area (Å²) < 4.78 is 4.84. The molecule has 0 spiro atoms. The van der Waals surface area contributed by atoms with E-state index in [2.05, 4.69) is 48.1 Å². The predicted molar refractivity (Wildman–Crippen MR) is 169 cm³/mol. The highest BCUT2D eigenvalue weighted by Crippen LogP contribution is 2.36. The lowest BCUT2D eigenvalue weighted by molar-refractivity contribution is -0.247. The topological polar surface area (TPSA) is 126 Å². The van der Waals surface area contributed by atoms with E-state index in [1.807, 2.05) is 56.3 Å². The van der Waals surface area contributed by atoms with Crippen LogP contribution >= 0.6 is 0 Å². The molecular formula is C33H49N3O7. The van der Waals surface area contributed by atoms with Gasteiger partial charge >= 0.3 is 18.2 Å². The van der Waals surface area contributed by atoms with Gasteiger partial charge in [-0.15, -0.1) is 0 Å². The highest BCUT2D eigenvalue weighted by atomic mass is 17.2. The summed E-state index contributed by atoms with van der Waals surface area (Å²) in [6, 6.07) is 13.1. The number of aryl methyl sites for hydroxylation is 1. The first-order chi connectivity index (χ1) is 20.4. The molecule has 3 N–H and O–H groups in total. The third-order valence-corrected chi connectivity index (χ3v) is 6.90. The molecule has 0 aliphatic carbocycles. The monoisotopic (exact) mass is 599 g/mol. The minimum absolute atomic E-state index is 0.00751. The zero-order valence-electron chi connectivity index (χ0n) is 26.6. The van der Waals surface area contributed by atoms with Crippen LogP contribution in [0.3, 0.4) is 0 Å². The number of benzene rings is 2. The van der Waals surface area contributed by atoms with Crippen LogP contribution in [-0.2, 0) is 19.3 Å². The number of nitrogens with one attached hydrogen (secondary N) is 2. The second-order valence-corrected chi connectivity index (χ2v) is 11.7. The van der Waals surface area contributed by atoms with Gasteiger partial charge in [0.25, 0.3) is 0 Å². The molecule has 10 heteroatoms. The average Bonchev–Trinajstić information content (AvgIpc) is 2.95. The molecule has 0 aliphatic rings. The third-order valence-electron chi connectivity index (χ3n) is 6.90. The van der Waals surface area contributed by atoms with Crippen LogP contribution in [0.4, 0.5) is 26.7 Å². The molecule has 0 aromatic heterocycles. The number of aliphatic hydroxyl groups excluding tert-OH is 1. The zero-order chi connectivity index (χ0) is 31.9. The maximum atomic E-state index is 13.2. The molecule has 0 saturated heterocycles. The Labute approximate surface area is 256 Å². The summed E-state index contributed by atoms with van der Waals surface area (Å²) >= 11 is 0. The van der Waals surface area contributed by atoms with Crippen LogP contribution in [0.25, 0.3) is 0 Å². The molecule has 43 heavy (non-hydrogen) atoms. The molecule has 2 atom stereocenters. The van der Waals surface area contributed by atoms with Gasteiger partial charge in [0.1, 0.15) is 0 Å². The van der Waals surface area contributed by atoms with Crippen LogP contribution in [-0.4, -0.2) is 49.6 Å². The van der Waals surface area contributed by atoms with Gasteiger partial charge in [0.2, 0.25) is 0 Å². The Morgan fingerprint density at radius 1 is 0.884 bits per heavy atom. The van der Waals surface area contributed by atoms with Crippen molar-refractivity contribution in [2.75, 3.05) is 41.8 Å². The van der Waals surface area contributed by atoms with Crippen LogP contribution in [0.2, 0.25) is 0 Å². The number of aliphatic hydroxyl groups is 1. The van der Waals surface area contributed by atoms with Gasteiger partial charge in [0, 0.05) is 25.4 Å². The molecule has 2 unspecified atom stereocenters. The van der Waals surface area contributed by atoms with Gasteiger partial charge in [-0.3, -0.25) is 0 Å². The summed E-state index contributed by atoms with van der Waals surface area (Å²) in [5.41, 5.74) is 4.13. The number of anilines is 3. The second-order valence-electron chi connectivity index (χ2n) is 11.7. The molecular weight excluding hydrogens is 550 g/mol. The average molecular weight is 600 g/mol. The molecule has 2 aromatic carbocycles. The van der Waals surface area contributed by atoms with Crippen molar-refractivity contribution in [3.05, 3.63) is 53.6 Å². The largest absolute Gasteiger partial charge is 0.549 e. The number of ether oxygens (including phenoxy) is 1. The quantitative estimate of drug-likeness (QED) is 0.0844. The van der Waals surface area contributed by atoms with E-state index in [4.69, 9.17) is 14.7 Å². The van der Waals surface area contributed by atoms with Crippen molar-refractivity contribution >= 4 is 35.2 Å². The lowest BCUT2D eigenvalue weighted by Crippen LogP contribution is -2.32. The fourth-order valence-electron chi connectivity index (χ4n) is 4.82. The number of urea groups is 1.